The normalized spacial score (nSPS) is 34.7. The first-order valence-corrected chi connectivity index (χ1v) is 11.6. The lowest BCUT2D eigenvalue weighted by molar-refractivity contribution is 0.0632. The molecule has 27 heavy (non-hydrogen) atoms. The number of rotatable bonds is 3. The first kappa shape index (κ1) is 17.6. The molecule has 1 N–H and O–H groups in total. The maximum Gasteiger partial charge on any atom is 0.279 e. The van der Waals surface area contributed by atoms with E-state index in [2.05, 4.69) is 9.62 Å². The number of benzene rings is 1. The molecule has 2 atom stereocenters. The summed E-state index contributed by atoms with van der Waals surface area (Å²) in [6, 6.07) is 7.92. The number of nitrogens with one attached hydrogen (secondary N) is 1. The van der Waals surface area contributed by atoms with Crippen LogP contribution in [0.4, 0.5) is 0 Å². The van der Waals surface area contributed by atoms with Crippen molar-refractivity contribution in [2.24, 2.45) is 17.8 Å². The van der Waals surface area contributed by atoms with Gasteiger partial charge in [-0.25, -0.2) is 4.72 Å². The molecular formula is C20H27N3O3S. The van der Waals surface area contributed by atoms with Gasteiger partial charge in [-0.3, -0.25) is 4.79 Å². The molecule has 7 heteroatoms. The number of hydrogen-bond acceptors (Lipinski definition) is 3. The minimum atomic E-state index is -3.34. The lowest BCUT2D eigenvalue weighted by atomic mass is 9.68. The topological polar surface area (TPSA) is 69.7 Å². The molecule has 1 amide bonds. The Labute approximate surface area is 161 Å². The largest absolute Gasteiger partial charge is 0.335 e. The number of fused-ring (bicyclic) bond motifs is 1. The molecule has 2 unspecified atom stereocenters. The Morgan fingerprint density at radius 2 is 1.67 bits per heavy atom. The minimum absolute atomic E-state index is 0.148. The van der Waals surface area contributed by atoms with Crippen molar-refractivity contribution in [3.05, 3.63) is 35.4 Å². The van der Waals surface area contributed by atoms with Crippen LogP contribution in [0.15, 0.2) is 24.3 Å². The fraction of sp³-hybridized carbons (Fsp3) is 0.650. The summed E-state index contributed by atoms with van der Waals surface area (Å²) >= 11 is 0. The van der Waals surface area contributed by atoms with Crippen LogP contribution in [0.25, 0.3) is 0 Å². The van der Waals surface area contributed by atoms with E-state index in [-0.39, 0.29) is 5.91 Å². The number of carbonyl (C=O) groups excluding carboxylic acids is 1. The third kappa shape index (κ3) is 3.30. The number of carbonyl (C=O) groups is 1. The van der Waals surface area contributed by atoms with E-state index >= 15 is 0 Å². The molecule has 5 aliphatic rings. The summed E-state index contributed by atoms with van der Waals surface area (Å²) in [5, 5.41) is 0. The second-order valence-corrected chi connectivity index (χ2v) is 10.6. The van der Waals surface area contributed by atoms with Crippen molar-refractivity contribution < 1.29 is 13.2 Å². The van der Waals surface area contributed by atoms with E-state index < -0.39 is 10.2 Å². The molecule has 3 heterocycles. The van der Waals surface area contributed by atoms with Gasteiger partial charge in [-0.15, -0.1) is 0 Å². The van der Waals surface area contributed by atoms with Crippen LogP contribution < -0.4 is 4.72 Å². The molecule has 1 aromatic carbocycles. The second kappa shape index (κ2) is 6.57. The van der Waals surface area contributed by atoms with Crippen LogP contribution >= 0.6 is 0 Å². The zero-order valence-corrected chi connectivity index (χ0v) is 16.3. The third-order valence-corrected chi connectivity index (χ3v) is 8.47. The summed E-state index contributed by atoms with van der Waals surface area (Å²) in [4.78, 5) is 15.3. The maximum absolute atomic E-state index is 13.2. The number of nitrogens with zero attached hydrogens (tertiary/aromatic N) is 2. The zero-order chi connectivity index (χ0) is 18.6. The van der Waals surface area contributed by atoms with Crippen molar-refractivity contribution in [1.29, 1.82) is 0 Å². The van der Waals surface area contributed by atoms with Gasteiger partial charge in [0.25, 0.3) is 16.1 Å². The van der Waals surface area contributed by atoms with Crippen LogP contribution in [0.1, 0.15) is 48.0 Å². The summed E-state index contributed by atoms with van der Waals surface area (Å²) in [5.41, 5.74) is 1.64. The average Bonchev–Trinajstić information content (AvgIpc) is 2.84. The molecule has 2 saturated carbocycles. The number of amides is 1. The molecular weight excluding hydrogens is 362 g/mol. The number of hydrogen-bond donors (Lipinski definition) is 1. The quantitative estimate of drug-likeness (QED) is 0.860. The van der Waals surface area contributed by atoms with Crippen LogP contribution in [0.3, 0.4) is 0 Å². The Hall–Kier alpha value is -1.44. The molecule has 4 bridgehead atoms. The molecule has 2 aliphatic carbocycles. The van der Waals surface area contributed by atoms with Gasteiger partial charge in [-0.1, -0.05) is 12.1 Å². The fourth-order valence-electron chi connectivity index (χ4n) is 5.83. The second-order valence-electron chi connectivity index (χ2n) is 8.82. The van der Waals surface area contributed by atoms with Crippen LogP contribution in [0, 0.1) is 17.8 Å². The third-order valence-electron chi connectivity index (χ3n) is 6.91. The Kier molecular flexibility index (Phi) is 4.29. The molecule has 0 radical (unpaired) electrons. The van der Waals surface area contributed by atoms with E-state index in [1.807, 2.05) is 24.3 Å². The first-order chi connectivity index (χ1) is 13.0. The Bertz CT molecular complexity index is 825. The van der Waals surface area contributed by atoms with E-state index in [4.69, 9.17) is 0 Å². The van der Waals surface area contributed by atoms with Crippen molar-refractivity contribution in [3.8, 4) is 0 Å². The van der Waals surface area contributed by atoms with E-state index in [0.29, 0.717) is 31.6 Å². The van der Waals surface area contributed by atoms with E-state index in [0.717, 1.165) is 29.5 Å². The van der Waals surface area contributed by atoms with E-state index in [9.17, 15) is 13.2 Å². The van der Waals surface area contributed by atoms with Gasteiger partial charge in [0.05, 0.1) is 0 Å². The molecule has 0 aromatic heterocycles. The van der Waals surface area contributed by atoms with Crippen molar-refractivity contribution in [2.45, 2.75) is 44.7 Å². The maximum atomic E-state index is 13.2. The summed E-state index contributed by atoms with van der Waals surface area (Å²) in [7, 11) is -3.34. The van der Waals surface area contributed by atoms with Gasteiger partial charge in [0.15, 0.2) is 0 Å². The molecule has 3 saturated heterocycles. The van der Waals surface area contributed by atoms with Crippen LogP contribution in [0.5, 0.6) is 0 Å². The summed E-state index contributed by atoms with van der Waals surface area (Å²) < 4.78 is 27.7. The van der Waals surface area contributed by atoms with Gasteiger partial charge in [-0.2, -0.15) is 12.7 Å². The minimum Gasteiger partial charge on any atom is -0.335 e. The van der Waals surface area contributed by atoms with Crippen molar-refractivity contribution in [2.75, 3.05) is 19.6 Å². The van der Waals surface area contributed by atoms with Crippen molar-refractivity contribution in [3.63, 3.8) is 0 Å². The highest BCUT2D eigenvalue weighted by atomic mass is 32.2. The molecule has 0 spiro atoms. The van der Waals surface area contributed by atoms with Crippen molar-refractivity contribution >= 4 is 16.1 Å². The highest BCUT2D eigenvalue weighted by Crippen LogP contribution is 2.47. The monoisotopic (exact) mass is 389 g/mol. The predicted octanol–water partition coefficient (Wildman–Crippen LogP) is 1.99. The summed E-state index contributed by atoms with van der Waals surface area (Å²) in [6.07, 6.45) is 6.33. The smallest absolute Gasteiger partial charge is 0.279 e. The molecule has 6 rings (SSSR count). The lowest BCUT2D eigenvalue weighted by Gasteiger charge is -2.39. The lowest BCUT2D eigenvalue weighted by Crippen LogP contribution is -2.42. The van der Waals surface area contributed by atoms with E-state index in [1.165, 1.54) is 36.4 Å². The first-order valence-electron chi connectivity index (χ1n) is 10.1. The van der Waals surface area contributed by atoms with Gasteiger partial charge in [-0.05, 0) is 67.6 Å². The average molecular weight is 390 g/mol. The van der Waals surface area contributed by atoms with E-state index in [1.54, 1.807) is 0 Å². The Balaban J connectivity index is 1.31. The van der Waals surface area contributed by atoms with Gasteiger partial charge < -0.3 is 4.90 Å². The highest BCUT2D eigenvalue weighted by Gasteiger charge is 2.44. The molecule has 6 nitrogen and oxygen atoms in total. The Morgan fingerprint density at radius 3 is 2.30 bits per heavy atom. The molecule has 5 fully saturated rings. The zero-order valence-electron chi connectivity index (χ0n) is 15.5. The van der Waals surface area contributed by atoms with Crippen LogP contribution in [-0.4, -0.2) is 49.2 Å². The van der Waals surface area contributed by atoms with Gasteiger partial charge in [0.2, 0.25) is 0 Å². The predicted molar refractivity (Wildman–Crippen MR) is 102 cm³/mol. The van der Waals surface area contributed by atoms with Crippen LogP contribution in [-0.2, 0) is 16.8 Å². The summed E-state index contributed by atoms with van der Waals surface area (Å²) in [5.74, 6) is 2.47. The van der Waals surface area contributed by atoms with Gasteiger partial charge >= 0.3 is 0 Å². The van der Waals surface area contributed by atoms with Crippen molar-refractivity contribution in [1.82, 2.24) is 13.9 Å². The SMILES string of the molecule is O=C(c1ccc(CN2CCNS2(=O)=O)cc1)N1CC2CC3CC(C2)CC1C3. The molecule has 3 aliphatic heterocycles. The summed E-state index contributed by atoms with van der Waals surface area (Å²) in [6.45, 7) is 2.21. The van der Waals surface area contributed by atoms with Crippen LogP contribution in [0.2, 0.25) is 0 Å². The highest BCUT2D eigenvalue weighted by molar-refractivity contribution is 7.87. The van der Waals surface area contributed by atoms with Gasteiger partial charge in [0.1, 0.15) is 0 Å². The molecule has 1 aromatic rings. The fourth-order valence-corrected chi connectivity index (χ4v) is 7.01. The molecule has 146 valence electrons. The standard InChI is InChI=1S/C20H27N3O3S/c24-20(23-13-17-8-15-7-16(9-17)11-19(23)10-15)18-3-1-14(2-4-18)12-22-6-5-21-27(22,25)26/h1-4,15-17,19,21H,5-13H2. The van der Waals surface area contributed by atoms with Gasteiger partial charge in [0, 0.05) is 37.8 Å². The Morgan fingerprint density at radius 1 is 1.00 bits per heavy atom.